The molecule has 13 heavy (non-hydrogen) atoms. The highest BCUT2D eigenvalue weighted by Crippen LogP contribution is 2.12. The number of benzene rings is 1. The number of nitrogens with zero attached hydrogens (tertiary/aromatic N) is 4. The Bertz CT molecular complexity index is 410. The van der Waals surface area contributed by atoms with Crippen molar-refractivity contribution in [2.45, 2.75) is 0 Å². The van der Waals surface area contributed by atoms with Gasteiger partial charge in [0.1, 0.15) is 6.29 Å². The molecule has 0 aliphatic rings. The van der Waals surface area contributed by atoms with Gasteiger partial charge in [-0.15, -0.1) is 0 Å². The number of tetrazole rings is 1. The van der Waals surface area contributed by atoms with Crippen LogP contribution in [0.1, 0.15) is 10.4 Å². The average Bonchev–Trinajstić information content (AvgIpc) is 2.71. The smallest absolute Gasteiger partial charge is 0.150 e. The van der Waals surface area contributed by atoms with Gasteiger partial charge >= 0.3 is 0 Å². The number of rotatable bonds is 2. The number of hydrogen-bond donors (Lipinski definition) is 0. The summed E-state index contributed by atoms with van der Waals surface area (Å²) in [5.41, 5.74) is 1.33. The molecule has 0 fully saturated rings. The van der Waals surface area contributed by atoms with Gasteiger partial charge in [-0.25, -0.2) is 0 Å². The van der Waals surface area contributed by atoms with Gasteiger partial charge in [0.2, 0.25) is 0 Å². The molecule has 0 spiro atoms. The Balaban J connectivity index is 2.47. The molecule has 0 radical (unpaired) electrons. The SMILES string of the molecule is O=Cc1cccc(-c2nnn[n-]2)c1. The maximum absolute atomic E-state index is 10.5. The van der Waals surface area contributed by atoms with Crippen LogP contribution in [-0.4, -0.2) is 21.8 Å². The molecule has 2 rings (SSSR count). The molecular formula is C8H5N4O-. The summed E-state index contributed by atoms with van der Waals surface area (Å²) in [7, 11) is 0. The van der Waals surface area contributed by atoms with Gasteiger partial charge in [-0.2, -0.15) is 5.21 Å². The Kier molecular flexibility index (Phi) is 1.84. The van der Waals surface area contributed by atoms with Crippen molar-refractivity contribution in [3.8, 4) is 11.4 Å². The van der Waals surface area contributed by atoms with Crippen LogP contribution in [0.4, 0.5) is 0 Å². The van der Waals surface area contributed by atoms with Crippen molar-refractivity contribution in [1.29, 1.82) is 0 Å². The zero-order chi connectivity index (χ0) is 9.10. The van der Waals surface area contributed by atoms with E-state index in [4.69, 9.17) is 0 Å². The van der Waals surface area contributed by atoms with Crippen LogP contribution in [0.25, 0.3) is 11.4 Å². The first-order chi connectivity index (χ1) is 6.40. The van der Waals surface area contributed by atoms with E-state index in [0.29, 0.717) is 11.4 Å². The van der Waals surface area contributed by atoms with Crippen molar-refractivity contribution >= 4 is 6.29 Å². The van der Waals surface area contributed by atoms with Crippen LogP contribution in [0, 0.1) is 0 Å². The zero-order valence-corrected chi connectivity index (χ0v) is 6.58. The third kappa shape index (κ3) is 1.44. The topological polar surface area (TPSA) is 69.8 Å². The Labute approximate surface area is 73.8 Å². The van der Waals surface area contributed by atoms with Crippen LogP contribution in [0.5, 0.6) is 0 Å². The molecule has 64 valence electrons. The molecule has 0 atom stereocenters. The maximum atomic E-state index is 10.5. The van der Waals surface area contributed by atoms with Crippen LogP contribution < -0.4 is 5.10 Å². The minimum atomic E-state index is 0.434. The molecule has 5 nitrogen and oxygen atoms in total. The van der Waals surface area contributed by atoms with Crippen molar-refractivity contribution in [2.75, 3.05) is 0 Å². The van der Waals surface area contributed by atoms with Gasteiger partial charge in [0, 0.05) is 11.4 Å². The fourth-order valence-electron chi connectivity index (χ4n) is 1.01. The predicted molar refractivity (Wildman–Crippen MR) is 44.0 cm³/mol. The van der Waals surface area contributed by atoms with Crippen molar-refractivity contribution < 1.29 is 4.79 Å². The number of hydrogen-bond acceptors (Lipinski definition) is 4. The molecule has 5 heteroatoms. The van der Waals surface area contributed by atoms with Gasteiger partial charge in [-0.05, 0) is 11.6 Å². The van der Waals surface area contributed by atoms with Crippen LogP contribution in [-0.2, 0) is 0 Å². The standard InChI is InChI=1S/C8H5N4O/c13-5-6-2-1-3-7(4-6)8-9-11-12-10-8/h1-5H/q-1. The Hall–Kier alpha value is -2.04. The van der Waals surface area contributed by atoms with E-state index in [1.54, 1.807) is 24.3 Å². The second-order valence-corrected chi connectivity index (χ2v) is 2.45. The molecule has 0 unspecified atom stereocenters. The molecule has 1 aromatic carbocycles. The number of carbonyl (C=O) groups excluding carboxylic acids is 1. The molecule has 0 aliphatic carbocycles. The minimum Gasteiger partial charge on any atom is -0.330 e. The summed E-state index contributed by atoms with van der Waals surface area (Å²) in [5.74, 6) is 0.434. The van der Waals surface area contributed by atoms with E-state index < -0.39 is 0 Å². The first-order valence-corrected chi connectivity index (χ1v) is 3.64. The highest BCUT2D eigenvalue weighted by atomic mass is 16.1. The number of carbonyl (C=O) groups is 1. The van der Waals surface area contributed by atoms with E-state index in [1.807, 2.05) is 0 Å². The highest BCUT2D eigenvalue weighted by molar-refractivity contribution is 5.77. The largest absolute Gasteiger partial charge is 0.330 e. The average molecular weight is 173 g/mol. The van der Waals surface area contributed by atoms with E-state index in [0.717, 1.165) is 11.8 Å². The fraction of sp³-hybridized carbons (Fsp3) is 0. The summed E-state index contributed by atoms with van der Waals surface area (Å²) in [6, 6.07) is 6.95. The van der Waals surface area contributed by atoms with Crippen LogP contribution in [0.15, 0.2) is 24.3 Å². The summed E-state index contributed by atoms with van der Waals surface area (Å²) < 4.78 is 0. The molecule has 0 amide bonds. The van der Waals surface area contributed by atoms with E-state index >= 15 is 0 Å². The van der Waals surface area contributed by atoms with Gasteiger partial charge in [0.25, 0.3) is 0 Å². The van der Waals surface area contributed by atoms with Crippen molar-refractivity contribution in [1.82, 2.24) is 20.6 Å². The normalized spacial score (nSPS) is 9.85. The maximum Gasteiger partial charge on any atom is 0.150 e. The Morgan fingerprint density at radius 3 is 3.00 bits per heavy atom. The quantitative estimate of drug-likeness (QED) is 0.611. The van der Waals surface area contributed by atoms with Gasteiger partial charge in [-0.3, -0.25) is 15.1 Å². The highest BCUT2D eigenvalue weighted by Gasteiger charge is 1.95. The molecular weight excluding hydrogens is 168 g/mol. The fourth-order valence-corrected chi connectivity index (χ4v) is 1.01. The zero-order valence-electron chi connectivity index (χ0n) is 6.58. The van der Waals surface area contributed by atoms with E-state index in [9.17, 15) is 4.79 Å². The molecule has 0 saturated heterocycles. The molecule has 0 bridgehead atoms. The summed E-state index contributed by atoms with van der Waals surface area (Å²) in [5, 5.41) is 14.1. The second kappa shape index (κ2) is 3.14. The second-order valence-electron chi connectivity index (χ2n) is 2.45. The van der Waals surface area contributed by atoms with Gasteiger partial charge in [0.15, 0.2) is 0 Å². The van der Waals surface area contributed by atoms with Crippen molar-refractivity contribution in [2.24, 2.45) is 0 Å². The van der Waals surface area contributed by atoms with Gasteiger partial charge < -0.3 is 5.10 Å². The molecule has 1 aromatic heterocycles. The first-order valence-electron chi connectivity index (χ1n) is 3.64. The van der Waals surface area contributed by atoms with E-state index in [1.165, 1.54) is 0 Å². The third-order valence-corrected chi connectivity index (χ3v) is 1.60. The first kappa shape index (κ1) is 7.60. The van der Waals surface area contributed by atoms with Crippen molar-refractivity contribution in [3.05, 3.63) is 29.8 Å². The molecule has 0 aliphatic heterocycles. The molecule has 0 saturated carbocycles. The number of aldehydes is 1. The predicted octanol–water partition coefficient (Wildman–Crippen LogP) is 0.308. The summed E-state index contributed by atoms with van der Waals surface area (Å²) >= 11 is 0. The Morgan fingerprint density at radius 1 is 1.38 bits per heavy atom. The van der Waals surface area contributed by atoms with Crippen LogP contribution >= 0.6 is 0 Å². The van der Waals surface area contributed by atoms with Crippen LogP contribution in [0.3, 0.4) is 0 Å². The molecule has 0 N–H and O–H groups in total. The summed E-state index contributed by atoms with van der Waals surface area (Å²) in [6.45, 7) is 0. The lowest BCUT2D eigenvalue weighted by Gasteiger charge is -1.99. The third-order valence-electron chi connectivity index (χ3n) is 1.60. The lowest BCUT2D eigenvalue weighted by atomic mass is 10.1. The molecule has 2 aromatic rings. The molecule has 1 heterocycles. The van der Waals surface area contributed by atoms with E-state index in [2.05, 4.69) is 20.6 Å². The monoisotopic (exact) mass is 173 g/mol. The lowest BCUT2D eigenvalue weighted by molar-refractivity contribution is 0.112. The summed E-state index contributed by atoms with van der Waals surface area (Å²) in [6.07, 6.45) is 0.771. The Morgan fingerprint density at radius 2 is 2.31 bits per heavy atom. The van der Waals surface area contributed by atoms with Gasteiger partial charge in [-0.1, -0.05) is 18.2 Å². The minimum absolute atomic E-state index is 0.434. The number of aromatic nitrogens is 4. The van der Waals surface area contributed by atoms with E-state index in [-0.39, 0.29) is 0 Å². The summed E-state index contributed by atoms with van der Waals surface area (Å²) in [4.78, 5) is 10.5. The van der Waals surface area contributed by atoms with Crippen LogP contribution in [0.2, 0.25) is 0 Å². The van der Waals surface area contributed by atoms with Gasteiger partial charge in [0.05, 0.1) is 0 Å². The van der Waals surface area contributed by atoms with Crippen molar-refractivity contribution in [3.63, 3.8) is 0 Å². The lowest BCUT2D eigenvalue weighted by Crippen LogP contribution is -1.85.